The Balaban J connectivity index is 2.10. The first-order valence-electron chi connectivity index (χ1n) is 18.1. The summed E-state index contributed by atoms with van der Waals surface area (Å²) in [5.41, 5.74) is 2.10. The monoisotopic (exact) mass is 623 g/mol. The van der Waals surface area contributed by atoms with E-state index in [2.05, 4.69) is 37.8 Å². The fourth-order valence-electron chi connectivity index (χ4n) is 6.00. The molecular weight excluding hydrogens is 558 g/mol. The standard InChI is InChI=1S/C40H65NO4/c1-6-8-10-12-13-14-15-16-23-29-36(44-32-34-25-19-17-20-26-34)31-38(42)37(30-24-11-9-7-2)40(43)45-39(33(3)41(4)5)35-27-21-18-22-28-35/h17-22,25-28,33,36-39,42H,6-16,23-24,29-32H2,1-5H3/t33-,36-,37+,38+,39-/m1/s1. The van der Waals surface area contributed by atoms with Crippen molar-refractivity contribution in [1.29, 1.82) is 0 Å². The summed E-state index contributed by atoms with van der Waals surface area (Å²) in [6.07, 6.45) is 16.3. The molecule has 5 atom stereocenters. The molecule has 2 aromatic rings. The van der Waals surface area contributed by atoms with Gasteiger partial charge in [-0.1, -0.05) is 158 Å². The van der Waals surface area contributed by atoms with Crippen molar-refractivity contribution in [1.82, 2.24) is 4.90 Å². The van der Waals surface area contributed by atoms with Crippen molar-refractivity contribution in [2.45, 2.75) is 154 Å². The highest BCUT2D eigenvalue weighted by molar-refractivity contribution is 5.73. The second kappa shape index (κ2) is 24.0. The normalized spacial score (nSPS) is 15.0. The summed E-state index contributed by atoms with van der Waals surface area (Å²) in [5, 5.41) is 11.7. The quantitative estimate of drug-likeness (QED) is 0.0835. The van der Waals surface area contributed by atoms with Gasteiger partial charge in [-0.25, -0.2) is 0 Å². The number of benzene rings is 2. The van der Waals surface area contributed by atoms with E-state index in [9.17, 15) is 9.90 Å². The predicted octanol–water partition coefficient (Wildman–Crippen LogP) is 10.1. The number of likely N-dealkylation sites (N-methyl/N-ethyl adjacent to an activating group) is 1. The third-order valence-electron chi connectivity index (χ3n) is 9.22. The maximum atomic E-state index is 13.9. The molecule has 5 nitrogen and oxygen atoms in total. The van der Waals surface area contributed by atoms with E-state index in [0.717, 1.165) is 49.7 Å². The maximum Gasteiger partial charge on any atom is 0.312 e. The van der Waals surface area contributed by atoms with E-state index in [1.165, 1.54) is 51.4 Å². The third-order valence-corrected chi connectivity index (χ3v) is 9.22. The van der Waals surface area contributed by atoms with Crippen LogP contribution in [-0.4, -0.2) is 48.3 Å². The second-order valence-electron chi connectivity index (χ2n) is 13.3. The molecular formula is C40H65NO4. The lowest BCUT2D eigenvalue weighted by Crippen LogP contribution is -2.38. The van der Waals surface area contributed by atoms with Gasteiger partial charge in [-0.2, -0.15) is 0 Å². The van der Waals surface area contributed by atoms with Gasteiger partial charge in [-0.15, -0.1) is 0 Å². The van der Waals surface area contributed by atoms with Crippen LogP contribution in [0.1, 0.15) is 141 Å². The van der Waals surface area contributed by atoms with Gasteiger partial charge in [-0.3, -0.25) is 4.79 Å². The van der Waals surface area contributed by atoms with Gasteiger partial charge in [0.05, 0.1) is 24.7 Å². The summed E-state index contributed by atoms with van der Waals surface area (Å²) in [4.78, 5) is 16.0. The van der Waals surface area contributed by atoms with Crippen molar-refractivity contribution in [3.63, 3.8) is 0 Å². The predicted molar refractivity (Wildman–Crippen MR) is 188 cm³/mol. The SMILES string of the molecule is CCCCCCCCCCC[C@H](C[C@H](O)[C@H](CCCCCC)C(=O)O[C@@H](c1ccccc1)[C@@H](C)N(C)C)OCc1ccccc1. The van der Waals surface area contributed by atoms with Crippen LogP contribution >= 0.6 is 0 Å². The molecule has 0 fully saturated rings. The van der Waals surface area contributed by atoms with E-state index in [4.69, 9.17) is 9.47 Å². The number of carbonyl (C=O) groups excluding carboxylic acids is 1. The van der Waals surface area contributed by atoms with Crippen molar-refractivity contribution < 1.29 is 19.4 Å². The highest BCUT2D eigenvalue weighted by Crippen LogP contribution is 2.29. The topological polar surface area (TPSA) is 59.0 Å². The van der Waals surface area contributed by atoms with Gasteiger partial charge in [0.1, 0.15) is 6.10 Å². The van der Waals surface area contributed by atoms with Crippen LogP contribution in [0.25, 0.3) is 0 Å². The number of aliphatic hydroxyl groups excluding tert-OH is 1. The van der Waals surface area contributed by atoms with Gasteiger partial charge in [0.15, 0.2) is 0 Å². The zero-order chi connectivity index (χ0) is 32.7. The lowest BCUT2D eigenvalue weighted by Gasteiger charge is -2.32. The lowest BCUT2D eigenvalue weighted by atomic mass is 9.90. The first-order chi connectivity index (χ1) is 21.9. The summed E-state index contributed by atoms with van der Waals surface area (Å²) >= 11 is 0. The van der Waals surface area contributed by atoms with Crippen molar-refractivity contribution in [3.05, 3.63) is 71.8 Å². The fourth-order valence-corrected chi connectivity index (χ4v) is 6.00. The molecule has 0 aliphatic carbocycles. The van der Waals surface area contributed by atoms with Crippen molar-refractivity contribution in [2.75, 3.05) is 14.1 Å². The molecule has 1 N–H and O–H groups in total. The molecule has 2 rings (SSSR count). The van der Waals surface area contributed by atoms with Crippen LogP contribution in [0.5, 0.6) is 0 Å². The van der Waals surface area contributed by atoms with Crippen molar-refractivity contribution >= 4 is 5.97 Å². The second-order valence-corrected chi connectivity index (χ2v) is 13.3. The molecule has 0 aliphatic heterocycles. The first-order valence-corrected chi connectivity index (χ1v) is 18.1. The molecule has 0 aromatic heterocycles. The molecule has 0 radical (unpaired) electrons. The Morgan fingerprint density at radius 3 is 1.82 bits per heavy atom. The summed E-state index contributed by atoms with van der Waals surface area (Å²) in [6, 6.07) is 20.2. The van der Waals surface area contributed by atoms with E-state index in [1.807, 2.05) is 62.6 Å². The molecule has 254 valence electrons. The Kier molecular flexibility index (Phi) is 20.8. The fraction of sp³-hybridized carbons (Fsp3) is 0.675. The van der Waals surface area contributed by atoms with Gasteiger partial charge < -0.3 is 19.5 Å². The minimum absolute atomic E-state index is 0.0113. The van der Waals surface area contributed by atoms with Crippen LogP contribution in [0.15, 0.2) is 60.7 Å². The van der Waals surface area contributed by atoms with Gasteiger partial charge >= 0.3 is 5.97 Å². The third kappa shape index (κ3) is 16.3. The van der Waals surface area contributed by atoms with Crippen molar-refractivity contribution in [2.24, 2.45) is 5.92 Å². The Morgan fingerprint density at radius 1 is 0.733 bits per heavy atom. The number of hydrogen-bond donors (Lipinski definition) is 1. The number of carbonyl (C=O) groups is 1. The average Bonchev–Trinajstić information content (AvgIpc) is 3.05. The molecule has 0 aliphatic rings. The van der Waals surface area contributed by atoms with Crippen LogP contribution in [0.2, 0.25) is 0 Å². The molecule has 0 saturated heterocycles. The van der Waals surface area contributed by atoms with E-state index in [1.54, 1.807) is 0 Å². The number of hydrogen-bond acceptors (Lipinski definition) is 5. The lowest BCUT2D eigenvalue weighted by molar-refractivity contribution is -0.163. The summed E-state index contributed by atoms with van der Waals surface area (Å²) < 4.78 is 12.7. The molecule has 45 heavy (non-hydrogen) atoms. The number of unbranched alkanes of at least 4 members (excludes halogenated alkanes) is 11. The Morgan fingerprint density at radius 2 is 1.24 bits per heavy atom. The zero-order valence-electron chi connectivity index (χ0n) is 29.3. The Labute approximate surface area is 276 Å². The Hall–Kier alpha value is -2.21. The van der Waals surface area contributed by atoms with Crippen LogP contribution < -0.4 is 0 Å². The maximum absolute atomic E-state index is 13.9. The molecule has 0 unspecified atom stereocenters. The highest BCUT2D eigenvalue weighted by Gasteiger charge is 2.34. The minimum atomic E-state index is -0.815. The van der Waals surface area contributed by atoms with E-state index in [0.29, 0.717) is 19.4 Å². The average molecular weight is 624 g/mol. The zero-order valence-corrected chi connectivity index (χ0v) is 29.3. The molecule has 0 heterocycles. The van der Waals surface area contributed by atoms with Crippen LogP contribution in [0.4, 0.5) is 0 Å². The van der Waals surface area contributed by atoms with Gasteiger partial charge in [0.2, 0.25) is 0 Å². The number of esters is 1. The Bertz CT molecular complexity index is 982. The first kappa shape index (κ1) is 39.0. The van der Waals surface area contributed by atoms with Gasteiger partial charge in [0.25, 0.3) is 0 Å². The molecule has 0 amide bonds. The molecule has 0 saturated carbocycles. The molecule has 0 spiro atoms. The van der Waals surface area contributed by atoms with Crippen LogP contribution in [-0.2, 0) is 20.9 Å². The minimum Gasteiger partial charge on any atom is -0.456 e. The number of rotatable bonds is 26. The van der Waals surface area contributed by atoms with E-state index >= 15 is 0 Å². The smallest absolute Gasteiger partial charge is 0.312 e. The summed E-state index contributed by atoms with van der Waals surface area (Å²) in [5.74, 6) is -0.875. The molecule has 2 aromatic carbocycles. The largest absolute Gasteiger partial charge is 0.456 e. The molecule has 0 bridgehead atoms. The van der Waals surface area contributed by atoms with Gasteiger partial charge in [-0.05, 0) is 45.0 Å². The number of aliphatic hydroxyl groups is 1. The van der Waals surface area contributed by atoms with Gasteiger partial charge in [0, 0.05) is 12.5 Å². The van der Waals surface area contributed by atoms with E-state index < -0.39 is 18.1 Å². The van der Waals surface area contributed by atoms with Crippen LogP contribution in [0, 0.1) is 5.92 Å². The highest BCUT2D eigenvalue weighted by atomic mass is 16.5. The summed E-state index contributed by atoms with van der Waals surface area (Å²) in [7, 11) is 4.01. The number of ether oxygens (including phenoxy) is 2. The molecule has 5 heteroatoms. The van der Waals surface area contributed by atoms with E-state index in [-0.39, 0.29) is 18.1 Å². The number of nitrogens with zero attached hydrogens (tertiary/aromatic N) is 1. The van der Waals surface area contributed by atoms with Crippen LogP contribution in [0.3, 0.4) is 0 Å². The van der Waals surface area contributed by atoms with Crippen molar-refractivity contribution in [3.8, 4) is 0 Å². The summed E-state index contributed by atoms with van der Waals surface area (Å²) in [6.45, 7) is 7.04.